The van der Waals surface area contributed by atoms with Gasteiger partial charge in [-0.15, -0.1) is 0 Å². The maximum atomic E-state index is 13.7. The molecule has 3 rings (SSSR count). The maximum absolute atomic E-state index is 13.7. The second-order valence-corrected chi connectivity index (χ2v) is 5.22. The fourth-order valence-electron chi connectivity index (χ4n) is 2.66. The summed E-state index contributed by atoms with van der Waals surface area (Å²) in [6, 6.07) is 14.9. The third-order valence-electron chi connectivity index (χ3n) is 3.88. The van der Waals surface area contributed by atoms with Crippen LogP contribution in [0.25, 0.3) is 0 Å². The lowest BCUT2D eigenvalue weighted by Gasteiger charge is -2.36. The summed E-state index contributed by atoms with van der Waals surface area (Å²) in [5.41, 5.74) is 1.34. The molecule has 1 heterocycles. The zero-order valence-electron chi connectivity index (χ0n) is 11.7. The topological polar surface area (TPSA) is 6.48 Å². The van der Waals surface area contributed by atoms with Crippen LogP contribution in [0.1, 0.15) is 5.56 Å². The highest BCUT2D eigenvalue weighted by Crippen LogP contribution is 2.19. The number of piperazine rings is 1. The molecule has 0 unspecified atom stereocenters. The minimum Gasteiger partial charge on any atom is -0.369 e. The maximum Gasteiger partial charge on any atom is 0.130 e. The zero-order chi connectivity index (χ0) is 14.7. The van der Waals surface area contributed by atoms with E-state index in [0.717, 1.165) is 26.2 Å². The van der Waals surface area contributed by atoms with E-state index in [-0.39, 0.29) is 5.56 Å². The molecular formula is C17H17F2N2. The van der Waals surface area contributed by atoms with Gasteiger partial charge in [-0.25, -0.2) is 8.78 Å². The Morgan fingerprint density at radius 2 is 1.52 bits per heavy atom. The molecule has 0 atom stereocenters. The van der Waals surface area contributed by atoms with E-state index >= 15 is 0 Å². The van der Waals surface area contributed by atoms with E-state index in [4.69, 9.17) is 0 Å². The van der Waals surface area contributed by atoms with E-state index in [2.05, 4.69) is 15.9 Å². The first-order valence-corrected chi connectivity index (χ1v) is 7.10. The van der Waals surface area contributed by atoms with Crippen molar-refractivity contribution in [2.75, 3.05) is 31.1 Å². The van der Waals surface area contributed by atoms with Gasteiger partial charge in [0.05, 0.1) is 0 Å². The van der Waals surface area contributed by atoms with Crippen molar-refractivity contribution < 1.29 is 8.78 Å². The molecule has 2 aromatic rings. The van der Waals surface area contributed by atoms with Crippen molar-refractivity contribution in [1.29, 1.82) is 0 Å². The monoisotopic (exact) mass is 287 g/mol. The largest absolute Gasteiger partial charge is 0.369 e. The molecule has 0 saturated carbocycles. The molecule has 0 N–H and O–H groups in total. The Morgan fingerprint density at radius 3 is 2.14 bits per heavy atom. The van der Waals surface area contributed by atoms with E-state index < -0.39 is 11.6 Å². The van der Waals surface area contributed by atoms with E-state index in [9.17, 15) is 8.78 Å². The number of nitrogens with zero attached hydrogens (tertiary/aromatic N) is 2. The Bertz CT molecular complexity index is 573. The molecule has 4 heteroatoms. The summed E-state index contributed by atoms with van der Waals surface area (Å²) in [5, 5.41) is 0. The first kappa shape index (κ1) is 14.0. The molecule has 0 aliphatic carbocycles. The van der Waals surface area contributed by atoms with Gasteiger partial charge < -0.3 is 4.90 Å². The number of halogens is 2. The summed E-state index contributed by atoms with van der Waals surface area (Å²) in [4.78, 5) is 4.37. The molecule has 109 valence electrons. The zero-order valence-corrected chi connectivity index (χ0v) is 11.7. The summed E-state index contributed by atoms with van der Waals surface area (Å²) >= 11 is 0. The van der Waals surface area contributed by atoms with Gasteiger partial charge in [-0.05, 0) is 30.3 Å². The third kappa shape index (κ3) is 3.22. The molecule has 1 saturated heterocycles. The predicted molar refractivity (Wildman–Crippen MR) is 79.1 cm³/mol. The average Bonchev–Trinajstić information content (AvgIpc) is 2.53. The molecule has 1 fully saturated rings. The average molecular weight is 287 g/mol. The van der Waals surface area contributed by atoms with E-state index in [1.165, 1.54) is 23.9 Å². The van der Waals surface area contributed by atoms with E-state index in [0.29, 0.717) is 6.54 Å². The molecule has 21 heavy (non-hydrogen) atoms. The van der Waals surface area contributed by atoms with Gasteiger partial charge in [0.15, 0.2) is 0 Å². The summed E-state index contributed by atoms with van der Waals surface area (Å²) in [5.74, 6) is -0.924. The number of rotatable bonds is 3. The molecule has 1 aliphatic heterocycles. The molecule has 1 radical (unpaired) electrons. The molecule has 0 spiro atoms. The van der Waals surface area contributed by atoms with Gasteiger partial charge in [0.2, 0.25) is 0 Å². The lowest BCUT2D eigenvalue weighted by atomic mass is 10.1. The first-order valence-electron chi connectivity index (χ1n) is 7.10. The summed E-state index contributed by atoms with van der Waals surface area (Å²) in [6.07, 6.45) is 0. The molecule has 0 aromatic heterocycles. The first-order chi connectivity index (χ1) is 10.2. The van der Waals surface area contributed by atoms with Crippen LogP contribution in [0, 0.1) is 17.7 Å². The van der Waals surface area contributed by atoms with Gasteiger partial charge in [-0.1, -0.05) is 18.2 Å². The minimum absolute atomic E-state index is 0.167. The molecule has 0 bridgehead atoms. The Hall–Kier alpha value is -1.94. The van der Waals surface area contributed by atoms with Gasteiger partial charge in [-0.2, -0.15) is 0 Å². The van der Waals surface area contributed by atoms with Crippen LogP contribution in [0.5, 0.6) is 0 Å². The number of hydrogen-bond donors (Lipinski definition) is 0. The lowest BCUT2D eigenvalue weighted by molar-refractivity contribution is 0.243. The third-order valence-corrected chi connectivity index (χ3v) is 3.88. The van der Waals surface area contributed by atoms with Gasteiger partial charge in [0, 0.05) is 44.0 Å². The molecule has 2 aromatic carbocycles. The van der Waals surface area contributed by atoms with E-state index in [1.54, 1.807) is 0 Å². The van der Waals surface area contributed by atoms with Crippen LogP contribution in [-0.2, 0) is 6.54 Å². The highest BCUT2D eigenvalue weighted by molar-refractivity contribution is 5.46. The van der Waals surface area contributed by atoms with Crippen LogP contribution in [0.4, 0.5) is 14.5 Å². The van der Waals surface area contributed by atoms with Crippen molar-refractivity contribution in [3.8, 4) is 0 Å². The van der Waals surface area contributed by atoms with E-state index in [1.807, 2.05) is 24.3 Å². The van der Waals surface area contributed by atoms with Gasteiger partial charge in [-0.3, -0.25) is 4.90 Å². The molecule has 2 nitrogen and oxygen atoms in total. The summed E-state index contributed by atoms with van der Waals surface area (Å²) in [7, 11) is 0. The van der Waals surface area contributed by atoms with Crippen LogP contribution in [0.3, 0.4) is 0 Å². The van der Waals surface area contributed by atoms with Crippen molar-refractivity contribution >= 4 is 5.69 Å². The van der Waals surface area contributed by atoms with Crippen molar-refractivity contribution in [1.82, 2.24) is 4.90 Å². The highest BCUT2D eigenvalue weighted by Gasteiger charge is 2.19. The number of benzene rings is 2. The molecule has 0 amide bonds. The van der Waals surface area contributed by atoms with Gasteiger partial charge in [0.1, 0.15) is 11.6 Å². The Balaban J connectivity index is 1.62. The second kappa shape index (κ2) is 6.22. The highest BCUT2D eigenvalue weighted by atomic mass is 19.1. The van der Waals surface area contributed by atoms with Crippen molar-refractivity contribution in [2.45, 2.75) is 6.54 Å². The van der Waals surface area contributed by atoms with Crippen LogP contribution < -0.4 is 4.90 Å². The van der Waals surface area contributed by atoms with Crippen LogP contribution >= 0.6 is 0 Å². The predicted octanol–water partition coefficient (Wildman–Crippen LogP) is 3.09. The Kier molecular flexibility index (Phi) is 4.15. The number of anilines is 1. The smallest absolute Gasteiger partial charge is 0.130 e. The Labute approximate surface area is 123 Å². The van der Waals surface area contributed by atoms with Crippen molar-refractivity contribution in [3.63, 3.8) is 0 Å². The summed E-state index contributed by atoms with van der Waals surface area (Å²) < 4.78 is 27.3. The quantitative estimate of drug-likeness (QED) is 0.856. The molecule has 1 aliphatic rings. The fraction of sp³-hybridized carbons (Fsp3) is 0.294. The standard InChI is InChI=1S/C17H17F2N2/c18-16-7-4-8-17(19)15(16)13-20-9-11-21(12-10-20)14-5-2-1-3-6-14/h2-8H,9-13H2. The SMILES string of the molecule is Fc1cccc(F)c1CN1CCN(c2cc[c]cc2)CC1. The van der Waals surface area contributed by atoms with Crippen molar-refractivity contribution in [3.05, 3.63) is 65.7 Å². The Morgan fingerprint density at radius 1 is 0.905 bits per heavy atom. The van der Waals surface area contributed by atoms with Crippen LogP contribution in [0.2, 0.25) is 0 Å². The number of hydrogen-bond acceptors (Lipinski definition) is 2. The minimum atomic E-state index is -0.462. The second-order valence-electron chi connectivity index (χ2n) is 5.22. The normalized spacial score (nSPS) is 16.2. The van der Waals surface area contributed by atoms with Crippen LogP contribution in [-0.4, -0.2) is 31.1 Å². The fourth-order valence-corrected chi connectivity index (χ4v) is 2.66. The summed E-state index contributed by atoms with van der Waals surface area (Å²) in [6.45, 7) is 3.65. The molecular weight excluding hydrogens is 270 g/mol. The van der Waals surface area contributed by atoms with Gasteiger partial charge in [0.25, 0.3) is 0 Å². The van der Waals surface area contributed by atoms with Gasteiger partial charge >= 0.3 is 0 Å². The lowest BCUT2D eigenvalue weighted by Crippen LogP contribution is -2.46. The van der Waals surface area contributed by atoms with Crippen molar-refractivity contribution in [2.24, 2.45) is 0 Å². The van der Waals surface area contributed by atoms with Crippen LogP contribution in [0.15, 0.2) is 42.5 Å².